The monoisotopic (exact) mass is 228 g/mol. The molecule has 0 aromatic rings. The minimum absolute atomic E-state index is 0.207. The van der Waals surface area contributed by atoms with E-state index >= 15 is 0 Å². The van der Waals surface area contributed by atoms with Crippen LogP contribution in [-0.4, -0.2) is 36.4 Å². The van der Waals surface area contributed by atoms with Crippen LogP contribution in [0, 0.1) is 0 Å². The van der Waals surface area contributed by atoms with Gasteiger partial charge in [0.1, 0.15) is 6.61 Å². The number of aliphatic hydroxyl groups excluding tert-OH is 1. The highest BCUT2D eigenvalue weighted by Gasteiger charge is 2.16. The van der Waals surface area contributed by atoms with Gasteiger partial charge in [0, 0.05) is 11.1 Å². The Bertz CT molecular complexity index is 305. The molecule has 0 aliphatic rings. The molecule has 0 aliphatic carbocycles. The molecule has 1 N–H and O–H groups in total. The third kappa shape index (κ3) is 5.31. The Balaban J connectivity index is 4.11. The summed E-state index contributed by atoms with van der Waals surface area (Å²) in [6, 6.07) is 0. The lowest BCUT2D eigenvalue weighted by Crippen LogP contribution is -2.28. The SMILES string of the molecule is C=C(C)C(=O)OCC(CO)OC(=O)C(=C)C. The van der Waals surface area contributed by atoms with E-state index < -0.39 is 24.6 Å². The number of hydrogen-bond acceptors (Lipinski definition) is 5. The molecule has 5 nitrogen and oxygen atoms in total. The van der Waals surface area contributed by atoms with Crippen molar-refractivity contribution in [1.82, 2.24) is 0 Å². The molecule has 0 aliphatic heterocycles. The number of carbonyl (C=O) groups excluding carboxylic acids is 2. The van der Waals surface area contributed by atoms with E-state index in [2.05, 4.69) is 13.2 Å². The fraction of sp³-hybridized carbons (Fsp3) is 0.455. The highest BCUT2D eigenvalue weighted by molar-refractivity contribution is 5.87. The van der Waals surface area contributed by atoms with Crippen LogP contribution in [0.4, 0.5) is 0 Å². The first kappa shape index (κ1) is 14.4. The van der Waals surface area contributed by atoms with Gasteiger partial charge in [0.25, 0.3) is 0 Å². The first-order valence-electron chi connectivity index (χ1n) is 4.68. The lowest BCUT2D eigenvalue weighted by molar-refractivity contribution is -0.156. The predicted molar refractivity (Wildman–Crippen MR) is 57.6 cm³/mol. The van der Waals surface area contributed by atoms with E-state index in [-0.39, 0.29) is 17.8 Å². The third-order valence-electron chi connectivity index (χ3n) is 1.57. The molecule has 0 saturated heterocycles. The summed E-state index contributed by atoms with van der Waals surface area (Å²) >= 11 is 0. The van der Waals surface area contributed by atoms with Crippen molar-refractivity contribution in [3.05, 3.63) is 24.3 Å². The van der Waals surface area contributed by atoms with Crippen LogP contribution in [0.25, 0.3) is 0 Å². The Labute approximate surface area is 94.4 Å². The van der Waals surface area contributed by atoms with Crippen LogP contribution < -0.4 is 0 Å². The van der Waals surface area contributed by atoms with E-state index in [1.165, 1.54) is 13.8 Å². The smallest absolute Gasteiger partial charge is 0.333 e. The second kappa shape index (κ2) is 6.79. The Morgan fingerprint density at radius 2 is 1.69 bits per heavy atom. The van der Waals surface area contributed by atoms with Gasteiger partial charge in [0.15, 0.2) is 6.10 Å². The second-order valence-corrected chi connectivity index (χ2v) is 3.37. The molecule has 0 bridgehead atoms. The highest BCUT2D eigenvalue weighted by Crippen LogP contribution is 2.01. The van der Waals surface area contributed by atoms with E-state index in [4.69, 9.17) is 14.6 Å². The standard InChI is InChI=1S/C11H16O5/c1-7(2)10(13)15-6-9(5-12)16-11(14)8(3)4/h9,12H,1,3,5-6H2,2,4H3. The van der Waals surface area contributed by atoms with Crippen LogP contribution in [0.2, 0.25) is 0 Å². The van der Waals surface area contributed by atoms with E-state index in [9.17, 15) is 9.59 Å². The van der Waals surface area contributed by atoms with Crippen molar-refractivity contribution in [1.29, 1.82) is 0 Å². The zero-order chi connectivity index (χ0) is 12.7. The van der Waals surface area contributed by atoms with Crippen molar-refractivity contribution < 1.29 is 24.2 Å². The lowest BCUT2D eigenvalue weighted by atomic mass is 10.3. The van der Waals surface area contributed by atoms with Crippen LogP contribution in [0.15, 0.2) is 24.3 Å². The molecule has 0 amide bonds. The average Bonchev–Trinajstić information content (AvgIpc) is 2.22. The van der Waals surface area contributed by atoms with Crippen LogP contribution in [0.1, 0.15) is 13.8 Å². The molecule has 0 rings (SSSR count). The van der Waals surface area contributed by atoms with Gasteiger partial charge in [-0.15, -0.1) is 0 Å². The molecule has 0 aromatic carbocycles. The van der Waals surface area contributed by atoms with Gasteiger partial charge < -0.3 is 14.6 Å². The maximum Gasteiger partial charge on any atom is 0.333 e. The molecule has 0 spiro atoms. The van der Waals surface area contributed by atoms with Crippen LogP contribution in [-0.2, 0) is 19.1 Å². The number of ether oxygens (including phenoxy) is 2. The summed E-state index contributed by atoms with van der Waals surface area (Å²) in [5, 5.41) is 8.89. The Kier molecular flexibility index (Phi) is 6.10. The van der Waals surface area contributed by atoms with Crippen molar-refractivity contribution >= 4 is 11.9 Å². The summed E-state index contributed by atoms with van der Waals surface area (Å²) in [4.78, 5) is 22.1. The number of carbonyl (C=O) groups is 2. The van der Waals surface area contributed by atoms with Gasteiger partial charge in [-0.2, -0.15) is 0 Å². The maximum atomic E-state index is 11.1. The van der Waals surface area contributed by atoms with Crippen molar-refractivity contribution in [2.45, 2.75) is 20.0 Å². The van der Waals surface area contributed by atoms with Crippen molar-refractivity contribution in [3.8, 4) is 0 Å². The minimum Gasteiger partial charge on any atom is -0.458 e. The first-order valence-corrected chi connectivity index (χ1v) is 4.68. The fourth-order valence-electron chi connectivity index (χ4n) is 0.668. The van der Waals surface area contributed by atoms with E-state index in [1.807, 2.05) is 0 Å². The minimum atomic E-state index is -0.882. The summed E-state index contributed by atoms with van der Waals surface area (Å²) in [5.74, 6) is -1.23. The maximum absolute atomic E-state index is 11.1. The molecule has 0 radical (unpaired) electrons. The van der Waals surface area contributed by atoms with Crippen LogP contribution in [0.5, 0.6) is 0 Å². The molecule has 16 heavy (non-hydrogen) atoms. The molecule has 5 heteroatoms. The second-order valence-electron chi connectivity index (χ2n) is 3.37. The van der Waals surface area contributed by atoms with E-state index in [1.54, 1.807) is 0 Å². The largest absolute Gasteiger partial charge is 0.458 e. The molecule has 0 heterocycles. The van der Waals surface area contributed by atoms with Crippen molar-refractivity contribution in [3.63, 3.8) is 0 Å². The average molecular weight is 228 g/mol. The van der Waals surface area contributed by atoms with Crippen LogP contribution in [0.3, 0.4) is 0 Å². The number of hydrogen-bond donors (Lipinski definition) is 1. The molecule has 0 fully saturated rings. The van der Waals surface area contributed by atoms with Gasteiger partial charge in [0.2, 0.25) is 0 Å². The van der Waals surface area contributed by atoms with Gasteiger partial charge in [-0.25, -0.2) is 9.59 Å². The molecule has 0 saturated carbocycles. The summed E-state index contributed by atoms with van der Waals surface area (Å²) in [7, 11) is 0. The fourth-order valence-corrected chi connectivity index (χ4v) is 0.668. The summed E-state index contributed by atoms with van der Waals surface area (Å²) in [6.45, 7) is 9.12. The zero-order valence-electron chi connectivity index (χ0n) is 9.49. The van der Waals surface area contributed by atoms with E-state index in [0.29, 0.717) is 0 Å². The topological polar surface area (TPSA) is 72.8 Å². The number of aliphatic hydroxyl groups is 1. The Morgan fingerprint density at radius 1 is 1.19 bits per heavy atom. The molecular formula is C11H16O5. The third-order valence-corrected chi connectivity index (χ3v) is 1.57. The normalized spacial score (nSPS) is 11.4. The van der Waals surface area contributed by atoms with Crippen molar-refractivity contribution in [2.24, 2.45) is 0 Å². The van der Waals surface area contributed by atoms with Crippen molar-refractivity contribution in [2.75, 3.05) is 13.2 Å². The first-order chi connectivity index (χ1) is 7.38. The van der Waals surface area contributed by atoms with Gasteiger partial charge in [-0.1, -0.05) is 13.2 Å². The van der Waals surface area contributed by atoms with Gasteiger partial charge in [-0.3, -0.25) is 0 Å². The number of esters is 2. The summed E-state index contributed by atoms with van der Waals surface area (Å²) in [5.41, 5.74) is 0.451. The molecule has 90 valence electrons. The summed E-state index contributed by atoms with van der Waals surface area (Å²) < 4.78 is 9.53. The quantitative estimate of drug-likeness (QED) is 0.532. The van der Waals surface area contributed by atoms with Crippen LogP contribution >= 0.6 is 0 Å². The molecular weight excluding hydrogens is 212 g/mol. The highest BCUT2D eigenvalue weighted by atomic mass is 16.6. The molecule has 1 unspecified atom stereocenters. The van der Waals surface area contributed by atoms with Gasteiger partial charge in [-0.05, 0) is 13.8 Å². The zero-order valence-corrected chi connectivity index (χ0v) is 9.49. The summed E-state index contributed by atoms with van der Waals surface area (Å²) in [6.07, 6.45) is -0.882. The molecule has 1 atom stereocenters. The Hall–Kier alpha value is -1.62. The van der Waals surface area contributed by atoms with Gasteiger partial charge in [0.05, 0.1) is 6.61 Å². The predicted octanol–water partition coefficient (Wildman–Crippen LogP) is 0.586. The van der Waals surface area contributed by atoms with E-state index in [0.717, 1.165) is 0 Å². The molecule has 0 aromatic heterocycles. The number of rotatable bonds is 6. The lowest BCUT2D eigenvalue weighted by Gasteiger charge is -2.15. The van der Waals surface area contributed by atoms with Gasteiger partial charge >= 0.3 is 11.9 Å². The Morgan fingerprint density at radius 3 is 2.06 bits per heavy atom.